The molecule has 7 heteroatoms. The molecule has 3 rings (SSSR count). The lowest BCUT2D eigenvalue weighted by Crippen LogP contribution is -2.24. The van der Waals surface area contributed by atoms with E-state index in [-0.39, 0.29) is 29.5 Å². The molecule has 0 spiro atoms. The molecule has 0 bridgehead atoms. The van der Waals surface area contributed by atoms with Crippen LogP contribution in [0, 0.1) is 5.82 Å². The fourth-order valence-electron chi connectivity index (χ4n) is 2.41. The highest BCUT2D eigenvalue weighted by molar-refractivity contribution is 5.98. The van der Waals surface area contributed by atoms with Crippen molar-refractivity contribution in [1.29, 1.82) is 0 Å². The Bertz CT molecular complexity index is 714. The van der Waals surface area contributed by atoms with Gasteiger partial charge >= 0.3 is 5.97 Å². The van der Waals surface area contributed by atoms with Gasteiger partial charge in [-0.25, -0.2) is 13.9 Å². The average molecular weight is 305 g/mol. The molecule has 0 unspecified atom stereocenters. The van der Waals surface area contributed by atoms with Gasteiger partial charge in [0.05, 0.1) is 18.9 Å². The highest BCUT2D eigenvalue weighted by Crippen LogP contribution is 2.35. The number of rotatable bonds is 3. The van der Waals surface area contributed by atoms with Crippen molar-refractivity contribution >= 4 is 5.97 Å². The standard InChI is InChI=1S/C15H16FN3O3/c1-3-21-15(20)12-13(10-4-6-17-8-11(10)16)18-19-7-5-9(2)22-14(12)19/h4,6,8-9H,3,5,7H2,1-2H3/t9-/m0/s1. The van der Waals surface area contributed by atoms with E-state index in [4.69, 9.17) is 9.47 Å². The normalized spacial score (nSPS) is 16.8. The summed E-state index contributed by atoms with van der Waals surface area (Å²) in [4.78, 5) is 16.0. The number of pyridine rings is 1. The predicted octanol–water partition coefficient (Wildman–Crippen LogP) is 2.43. The van der Waals surface area contributed by atoms with E-state index in [1.165, 1.54) is 12.3 Å². The molecule has 0 N–H and O–H groups in total. The molecule has 0 saturated heterocycles. The van der Waals surface area contributed by atoms with Crippen molar-refractivity contribution < 1.29 is 18.7 Å². The lowest BCUT2D eigenvalue weighted by molar-refractivity contribution is 0.0515. The van der Waals surface area contributed by atoms with Crippen LogP contribution in [-0.2, 0) is 11.3 Å². The van der Waals surface area contributed by atoms with Crippen LogP contribution in [0.3, 0.4) is 0 Å². The number of halogens is 1. The third kappa shape index (κ3) is 2.43. The monoisotopic (exact) mass is 305 g/mol. The number of hydrogen-bond acceptors (Lipinski definition) is 5. The lowest BCUT2D eigenvalue weighted by atomic mass is 10.1. The van der Waals surface area contributed by atoms with E-state index in [9.17, 15) is 9.18 Å². The number of ether oxygens (including phenoxy) is 2. The van der Waals surface area contributed by atoms with Gasteiger partial charge in [0.25, 0.3) is 0 Å². The van der Waals surface area contributed by atoms with E-state index in [1.807, 2.05) is 6.92 Å². The Hall–Kier alpha value is -2.44. The fourth-order valence-corrected chi connectivity index (χ4v) is 2.41. The molecular formula is C15H16FN3O3. The van der Waals surface area contributed by atoms with Crippen molar-refractivity contribution in [1.82, 2.24) is 14.8 Å². The largest absolute Gasteiger partial charge is 0.474 e. The van der Waals surface area contributed by atoms with Crippen LogP contribution >= 0.6 is 0 Å². The molecule has 1 aliphatic rings. The summed E-state index contributed by atoms with van der Waals surface area (Å²) in [6, 6.07) is 1.48. The first-order chi connectivity index (χ1) is 10.6. The third-order valence-corrected chi connectivity index (χ3v) is 3.47. The fraction of sp³-hybridized carbons (Fsp3) is 0.400. The molecule has 0 aliphatic carbocycles. The first-order valence-electron chi connectivity index (χ1n) is 7.16. The Labute approximate surface area is 126 Å². The molecule has 3 heterocycles. The van der Waals surface area contributed by atoms with Crippen molar-refractivity contribution in [2.75, 3.05) is 6.61 Å². The summed E-state index contributed by atoms with van der Waals surface area (Å²) in [5, 5.41) is 4.34. The van der Waals surface area contributed by atoms with Crippen molar-refractivity contribution in [2.24, 2.45) is 0 Å². The lowest BCUT2D eigenvalue weighted by Gasteiger charge is -2.21. The highest BCUT2D eigenvalue weighted by Gasteiger charge is 2.31. The second-order valence-corrected chi connectivity index (χ2v) is 5.05. The van der Waals surface area contributed by atoms with E-state index in [0.29, 0.717) is 12.4 Å². The van der Waals surface area contributed by atoms with E-state index in [1.54, 1.807) is 11.6 Å². The van der Waals surface area contributed by atoms with Gasteiger partial charge in [0, 0.05) is 24.7 Å². The quantitative estimate of drug-likeness (QED) is 0.815. The number of aryl methyl sites for hydroxylation is 1. The number of hydrogen-bond donors (Lipinski definition) is 0. The van der Waals surface area contributed by atoms with Crippen LogP contribution in [0.4, 0.5) is 4.39 Å². The van der Waals surface area contributed by atoms with Gasteiger partial charge in [-0.15, -0.1) is 0 Å². The van der Waals surface area contributed by atoms with Gasteiger partial charge in [-0.3, -0.25) is 4.98 Å². The van der Waals surface area contributed by atoms with Gasteiger partial charge in [0.2, 0.25) is 5.88 Å². The van der Waals surface area contributed by atoms with Gasteiger partial charge in [0.15, 0.2) is 5.82 Å². The number of fused-ring (bicyclic) bond motifs is 1. The average Bonchev–Trinajstić information content (AvgIpc) is 2.86. The summed E-state index contributed by atoms with van der Waals surface area (Å²) in [6.45, 7) is 4.45. The van der Waals surface area contributed by atoms with E-state index < -0.39 is 11.8 Å². The number of carbonyl (C=O) groups excluding carboxylic acids is 1. The van der Waals surface area contributed by atoms with Gasteiger partial charge in [-0.1, -0.05) is 0 Å². The molecule has 6 nitrogen and oxygen atoms in total. The molecule has 0 saturated carbocycles. The molecule has 0 aromatic carbocycles. The Balaban J connectivity index is 2.17. The summed E-state index contributed by atoms with van der Waals surface area (Å²) < 4.78 is 26.4. The van der Waals surface area contributed by atoms with E-state index in [0.717, 1.165) is 12.6 Å². The molecule has 0 radical (unpaired) electrons. The summed E-state index contributed by atoms with van der Waals surface area (Å²) >= 11 is 0. The summed E-state index contributed by atoms with van der Waals surface area (Å²) in [6.07, 6.45) is 3.28. The van der Waals surface area contributed by atoms with E-state index >= 15 is 0 Å². The molecule has 22 heavy (non-hydrogen) atoms. The number of carbonyl (C=O) groups is 1. The van der Waals surface area contributed by atoms with Gasteiger partial charge in [-0.2, -0.15) is 5.10 Å². The zero-order valence-electron chi connectivity index (χ0n) is 12.4. The number of esters is 1. The van der Waals surface area contributed by atoms with Crippen LogP contribution < -0.4 is 4.74 Å². The minimum Gasteiger partial charge on any atom is -0.474 e. The van der Waals surface area contributed by atoms with Gasteiger partial charge < -0.3 is 9.47 Å². The SMILES string of the molecule is CCOC(=O)c1c(-c2ccncc2F)nn2c1O[C@@H](C)CC2. The summed E-state index contributed by atoms with van der Waals surface area (Å²) in [5.74, 6) is -0.774. The van der Waals surface area contributed by atoms with Crippen LogP contribution in [0.1, 0.15) is 30.6 Å². The van der Waals surface area contributed by atoms with Crippen LogP contribution in [0.5, 0.6) is 5.88 Å². The molecule has 1 atom stereocenters. The van der Waals surface area contributed by atoms with Crippen molar-refractivity contribution in [3.05, 3.63) is 29.8 Å². The van der Waals surface area contributed by atoms with Crippen molar-refractivity contribution in [2.45, 2.75) is 32.9 Å². The first-order valence-corrected chi connectivity index (χ1v) is 7.16. The molecule has 2 aromatic heterocycles. The minimum atomic E-state index is -0.566. The van der Waals surface area contributed by atoms with Gasteiger partial charge in [0.1, 0.15) is 11.3 Å². The smallest absolute Gasteiger partial charge is 0.345 e. The second-order valence-electron chi connectivity index (χ2n) is 5.05. The Morgan fingerprint density at radius 1 is 1.59 bits per heavy atom. The zero-order valence-corrected chi connectivity index (χ0v) is 12.4. The van der Waals surface area contributed by atoms with Crippen LogP contribution in [-0.4, -0.2) is 33.4 Å². The maximum Gasteiger partial charge on any atom is 0.345 e. The summed E-state index contributed by atoms with van der Waals surface area (Å²) in [5.41, 5.74) is 0.595. The second kappa shape index (κ2) is 5.75. The molecule has 116 valence electrons. The Morgan fingerprint density at radius 2 is 2.41 bits per heavy atom. The van der Waals surface area contributed by atoms with Gasteiger partial charge in [-0.05, 0) is 19.9 Å². The topological polar surface area (TPSA) is 66.2 Å². The molecule has 0 fully saturated rings. The maximum atomic E-state index is 14.0. The zero-order chi connectivity index (χ0) is 15.7. The molecular weight excluding hydrogens is 289 g/mol. The molecule has 2 aromatic rings. The first kappa shape index (κ1) is 14.5. The predicted molar refractivity (Wildman–Crippen MR) is 76.1 cm³/mol. The Kier molecular flexibility index (Phi) is 3.79. The molecule has 1 aliphatic heterocycles. The van der Waals surface area contributed by atoms with Crippen molar-refractivity contribution in [3.8, 4) is 17.1 Å². The third-order valence-electron chi connectivity index (χ3n) is 3.47. The van der Waals surface area contributed by atoms with Crippen LogP contribution in [0.25, 0.3) is 11.3 Å². The van der Waals surface area contributed by atoms with Crippen LogP contribution in [0.2, 0.25) is 0 Å². The highest BCUT2D eigenvalue weighted by atomic mass is 19.1. The van der Waals surface area contributed by atoms with E-state index in [2.05, 4.69) is 10.1 Å². The number of aromatic nitrogens is 3. The van der Waals surface area contributed by atoms with Crippen LogP contribution in [0.15, 0.2) is 18.5 Å². The summed E-state index contributed by atoms with van der Waals surface area (Å²) in [7, 11) is 0. The maximum absolute atomic E-state index is 14.0. The number of nitrogens with zero attached hydrogens (tertiary/aromatic N) is 3. The molecule has 0 amide bonds. The minimum absolute atomic E-state index is 0.0347. The van der Waals surface area contributed by atoms with Crippen molar-refractivity contribution in [3.63, 3.8) is 0 Å². The Morgan fingerprint density at radius 3 is 3.14 bits per heavy atom.